The molecule has 0 aliphatic heterocycles. The molecule has 0 saturated heterocycles. The molecule has 2 N–H and O–H groups in total. The maximum absolute atomic E-state index is 5.70. The zero-order chi connectivity index (χ0) is 15.5. The quantitative estimate of drug-likeness (QED) is 0.549. The van der Waals surface area contributed by atoms with Crippen LogP contribution in [0.5, 0.6) is 0 Å². The first-order valence-corrected chi connectivity index (χ1v) is 8.21. The lowest BCUT2D eigenvalue weighted by Crippen LogP contribution is -1.96. The number of hydrogen-bond acceptors (Lipinski definition) is 7. The SMILES string of the molecule is Cc1cc(N)nc(SCc2nnc(-c3ccccc3Br)o2)n1. The van der Waals surface area contributed by atoms with E-state index in [0.29, 0.717) is 28.5 Å². The highest BCUT2D eigenvalue weighted by Crippen LogP contribution is 2.28. The Kier molecular flexibility index (Phi) is 4.39. The molecule has 6 nitrogen and oxygen atoms in total. The molecule has 0 aliphatic carbocycles. The minimum atomic E-state index is 0.453. The molecule has 112 valence electrons. The Labute approximate surface area is 139 Å². The number of aromatic nitrogens is 4. The van der Waals surface area contributed by atoms with Gasteiger partial charge >= 0.3 is 0 Å². The van der Waals surface area contributed by atoms with Gasteiger partial charge in [-0.25, -0.2) is 9.97 Å². The molecule has 0 saturated carbocycles. The molecule has 22 heavy (non-hydrogen) atoms. The summed E-state index contributed by atoms with van der Waals surface area (Å²) in [4.78, 5) is 8.46. The number of nitrogen functional groups attached to an aromatic ring is 1. The molecule has 0 aliphatic rings. The van der Waals surface area contributed by atoms with Crippen LogP contribution < -0.4 is 5.73 Å². The summed E-state index contributed by atoms with van der Waals surface area (Å²) in [6.45, 7) is 1.87. The van der Waals surface area contributed by atoms with E-state index >= 15 is 0 Å². The number of rotatable bonds is 4. The Morgan fingerprint density at radius 3 is 2.82 bits per heavy atom. The fourth-order valence-electron chi connectivity index (χ4n) is 1.81. The van der Waals surface area contributed by atoms with Gasteiger partial charge in [0.25, 0.3) is 0 Å². The number of hydrogen-bond donors (Lipinski definition) is 1. The van der Waals surface area contributed by atoms with Crippen LogP contribution in [0.25, 0.3) is 11.5 Å². The molecule has 0 atom stereocenters. The Bertz CT molecular complexity index is 787. The second-order valence-corrected chi connectivity index (χ2v) is 6.28. The molecular weight excluding hydrogens is 366 g/mol. The monoisotopic (exact) mass is 377 g/mol. The lowest BCUT2D eigenvalue weighted by atomic mass is 10.2. The van der Waals surface area contributed by atoms with Gasteiger partial charge in [-0.15, -0.1) is 10.2 Å². The van der Waals surface area contributed by atoms with Gasteiger partial charge in [-0.3, -0.25) is 0 Å². The highest BCUT2D eigenvalue weighted by molar-refractivity contribution is 9.10. The number of benzene rings is 1. The number of aryl methyl sites for hydroxylation is 1. The molecule has 0 bridgehead atoms. The van der Waals surface area contributed by atoms with Gasteiger partial charge in [-0.05, 0) is 35.0 Å². The van der Waals surface area contributed by atoms with Gasteiger partial charge in [0.15, 0.2) is 5.16 Å². The Hall–Kier alpha value is -1.93. The van der Waals surface area contributed by atoms with Crippen LogP contribution >= 0.6 is 27.7 Å². The zero-order valence-electron chi connectivity index (χ0n) is 11.7. The van der Waals surface area contributed by atoms with E-state index in [-0.39, 0.29) is 0 Å². The van der Waals surface area contributed by atoms with E-state index in [2.05, 4.69) is 36.1 Å². The normalized spacial score (nSPS) is 10.8. The summed E-state index contributed by atoms with van der Waals surface area (Å²) in [5, 5.41) is 8.71. The van der Waals surface area contributed by atoms with Crippen LogP contribution in [-0.2, 0) is 5.75 Å². The van der Waals surface area contributed by atoms with Crippen molar-refractivity contribution in [2.45, 2.75) is 17.8 Å². The van der Waals surface area contributed by atoms with Gasteiger partial charge in [-0.1, -0.05) is 23.9 Å². The van der Waals surface area contributed by atoms with Crippen molar-refractivity contribution < 1.29 is 4.42 Å². The van der Waals surface area contributed by atoms with E-state index < -0.39 is 0 Å². The highest BCUT2D eigenvalue weighted by Gasteiger charge is 2.12. The predicted octanol–water partition coefficient (Wildman–Crippen LogP) is 3.47. The average Bonchev–Trinajstić information content (AvgIpc) is 2.93. The minimum absolute atomic E-state index is 0.453. The van der Waals surface area contributed by atoms with E-state index in [1.54, 1.807) is 6.07 Å². The summed E-state index contributed by atoms with van der Waals surface area (Å²) in [5.41, 5.74) is 7.40. The number of thioether (sulfide) groups is 1. The number of halogens is 1. The van der Waals surface area contributed by atoms with Crippen molar-refractivity contribution in [3.8, 4) is 11.5 Å². The van der Waals surface area contributed by atoms with Crippen molar-refractivity contribution in [1.29, 1.82) is 0 Å². The van der Waals surface area contributed by atoms with E-state index in [0.717, 1.165) is 15.7 Å². The van der Waals surface area contributed by atoms with Gasteiger partial charge in [0, 0.05) is 16.2 Å². The molecule has 0 spiro atoms. The first-order valence-electron chi connectivity index (χ1n) is 6.43. The summed E-state index contributed by atoms with van der Waals surface area (Å²) in [5.74, 6) is 1.93. The van der Waals surface area contributed by atoms with Gasteiger partial charge < -0.3 is 10.2 Å². The molecule has 0 amide bonds. The van der Waals surface area contributed by atoms with Crippen LogP contribution in [0.15, 0.2) is 44.4 Å². The molecule has 1 aromatic carbocycles. The summed E-state index contributed by atoms with van der Waals surface area (Å²) in [7, 11) is 0. The Morgan fingerprint density at radius 2 is 2.05 bits per heavy atom. The average molecular weight is 378 g/mol. The summed E-state index contributed by atoms with van der Waals surface area (Å²) in [6.07, 6.45) is 0. The summed E-state index contributed by atoms with van der Waals surface area (Å²) < 4.78 is 6.58. The summed E-state index contributed by atoms with van der Waals surface area (Å²) >= 11 is 4.87. The van der Waals surface area contributed by atoms with Crippen LogP contribution in [0.1, 0.15) is 11.6 Å². The van der Waals surface area contributed by atoms with Crippen molar-refractivity contribution in [2.75, 3.05) is 5.73 Å². The zero-order valence-corrected chi connectivity index (χ0v) is 14.1. The van der Waals surface area contributed by atoms with Crippen molar-refractivity contribution in [2.24, 2.45) is 0 Å². The van der Waals surface area contributed by atoms with Crippen LogP contribution in [0.2, 0.25) is 0 Å². The maximum Gasteiger partial charge on any atom is 0.248 e. The fraction of sp³-hybridized carbons (Fsp3) is 0.143. The van der Waals surface area contributed by atoms with Crippen LogP contribution in [-0.4, -0.2) is 20.2 Å². The van der Waals surface area contributed by atoms with E-state index in [4.69, 9.17) is 10.2 Å². The van der Waals surface area contributed by atoms with Gasteiger partial charge in [0.2, 0.25) is 11.8 Å². The molecule has 3 rings (SSSR count). The van der Waals surface area contributed by atoms with E-state index in [1.807, 2.05) is 31.2 Å². The third-order valence-electron chi connectivity index (χ3n) is 2.75. The van der Waals surface area contributed by atoms with Gasteiger partial charge in [0.05, 0.1) is 11.3 Å². The largest absolute Gasteiger partial charge is 0.420 e. The first kappa shape index (κ1) is 15.0. The smallest absolute Gasteiger partial charge is 0.248 e. The van der Waals surface area contributed by atoms with Crippen LogP contribution in [0.4, 0.5) is 5.82 Å². The maximum atomic E-state index is 5.70. The van der Waals surface area contributed by atoms with E-state index in [9.17, 15) is 0 Å². The third-order valence-corrected chi connectivity index (χ3v) is 4.27. The topological polar surface area (TPSA) is 90.7 Å². The first-order chi connectivity index (χ1) is 10.6. The molecule has 0 unspecified atom stereocenters. The Morgan fingerprint density at radius 1 is 1.23 bits per heavy atom. The number of anilines is 1. The predicted molar refractivity (Wildman–Crippen MR) is 88.2 cm³/mol. The number of nitrogens with zero attached hydrogens (tertiary/aromatic N) is 4. The standard InChI is InChI=1S/C14H12BrN5OS/c1-8-6-11(16)18-14(17-8)22-7-12-19-20-13(21-12)9-4-2-3-5-10(9)15/h2-6H,7H2,1H3,(H2,16,17,18). The molecule has 2 heterocycles. The van der Waals surface area contributed by atoms with Crippen LogP contribution in [0.3, 0.4) is 0 Å². The molecule has 0 fully saturated rings. The van der Waals surface area contributed by atoms with Crippen molar-refractivity contribution >= 4 is 33.5 Å². The van der Waals surface area contributed by atoms with Crippen molar-refractivity contribution in [3.05, 3.63) is 46.4 Å². The molecule has 0 radical (unpaired) electrons. The van der Waals surface area contributed by atoms with Gasteiger partial charge in [0.1, 0.15) is 5.82 Å². The summed E-state index contributed by atoms with van der Waals surface area (Å²) in [6, 6.07) is 9.42. The molecular formula is C14H12BrN5OS. The highest BCUT2D eigenvalue weighted by atomic mass is 79.9. The number of nitrogens with two attached hydrogens (primary N) is 1. The minimum Gasteiger partial charge on any atom is -0.420 e. The molecule has 8 heteroatoms. The second kappa shape index (κ2) is 6.45. The van der Waals surface area contributed by atoms with Gasteiger partial charge in [-0.2, -0.15) is 0 Å². The van der Waals surface area contributed by atoms with Crippen molar-refractivity contribution in [3.63, 3.8) is 0 Å². The fourth-order valence-corrected chi connectivity index (χ4v) is 3.01. The third kappa shape index (κ3) is 3.45. The Balaban J connectivity index is 1.73. The van der Waals surface area contributed by atoms with Crippen molar-refractivity contribution in [1.82, 2.24) is 20.2 Å². The molecule has 3 aromatic rings. The van der Waals surface area contributed by atoms with E-state index in [1.165, 1.54) is 11.8 Å². The lowest BCUT2D eigenvalue weighted by molar-refractivity contribution is 0.528. The second-order valence-electron chi connectivity index (χ2n) is 4.49. The lowest BCUT2D eigenvalue weighted by Gasteiger charge is -2.00. The van der Waals surface area contributed by atoms with Crippen LogP contribution in [0, 0.1) is 6.92 Å². The molecule has 2 aromatic heterocycles.